The van der Waals surface area contributed by atoms with Crippen molar-refractivity contribution in [2.75, 3.05) is 30.5 Å². The smallest absolute Gasteiger partial charge is 0.264 e. The highest BCUT2D eigenvalue weighted by molar-refractivity contribution is 9.10. The minimum absolute atomic E-state index is 0.0487. The third-order valence-corrected chi connectivity index (χ3v) is 9.13. The summed E-state index contributed by atoms with van der Waals surface area (Å²) in [7, 11) is -4.14. The lowest BCUT2D eigenvalue weighted by Gasteiger charge is -2.33. The van der Waals surface area contributed by atoms with E-state index in [1.54, 1.807) is 36.4 Å². The Morgan fingerprint density at radius 2 is 1.60 bits per heavy atom. The lowest BCUT2D eigenvalue weighted by atomic mass is 10.1. The lowest BCUT2D eigenvalue weighted by Crippen LogP contribution is -2.53. The minimum atomic E-state index is -4.14. The van der Waals surface area contributed by atoms with Crippen LogP contribution in [0.25, 0.3) is 0 Å². The normalized spacial score (nSPS) is 11.9. The van der Waals surface area contributed by atoms with E-state index >= 15 is 0 Å². The Hall–Kier alpha value is -3.37. The fourth-order valence-electron chi connectivity index (χ4n) is 4.54. The Kier molecular flexibility index (Phi) is 12.9. The number of nitrogens with zero attached hydrogens (tertiary/aromatic N) is 2. The second kappa shape index (κ2) is 16.3. The number of unbranched alkanes of at least 4 members (excludes halogenated alkanes) is 1. The molecule has 0 saturated carbocycles. The Bertz CT molecular complexity index is 1380. The maximum atomic E-state index is 14.1. The summed E-state index contributed by atoms with van der Waals surface area (Å²) >= 11 is 3.35. The summed E-state index contributed by atoms with van der Waals surface area (Å²) in [5, 5.41) is 2.95. The minimum Gasteiger partial charge on any atom is -0.494 e. The SMILES string of the molecule is CCCCNC(=O)[C@@H](CC)N(CCc1ccccc1)C(=O)CN(c1ccc(OCC)cc1)S(=O)(=O)c1ccc(Br)cc1. The van der Waals surface area contributed by atoms with Crippen molar-refractivity contribution in [3.63, 3.8) is 0 Å². The van der Waals surface area contributed by atoms with Crippen LogP contribution in [0, 0.1) is 0 Å². The monoisotopic (exact) mass is 657 g/mol. The number of anilines is 1. The van der Waals surface area contributed by atoms with Gasteiger partial charge in [0.25, 0.3) is 10.0 Å². The number of hydrogen-bond acceptors (Lipinski definition) is 5. The van der Waals surface area contributed by atoms with E-state index < -0.39 is 28.5 Å². The summed E-state index contributed by atoms with van der Waals surface area (Å²) < 4.78 is 35.3. The second-order valence-electron chi connectivity index (χ2n) is 9.78. The van der Waals surface area contributed by atoms with Gasteiger partial charge in [0, 0.05) is 17.6 Å². The molecule has 0 bridgehead atoms. The molecule has 42 heavy (non-hydrogen) atoms. The first-order valence-corrected chi connectivity index (χ1v) is 16.6. The van der Waals surface area contributed by atoms with Crippen molar-refractivity contribution < 1.29 is 22.7 Å². The van der Waals surface area contributed by atoms with E-state index in [0.29, 0.717) is 37.4 Å². The van der Waals surface area contributed by atoms with Crippen molar-refractivity contribution in [3.8, 4) is 5.75 Å². The van der Waals surface area contributed by atoms with Gasteiger partial charge >= 0.3 is 0 Å². The Morgan fingerprint density at radius 1 is 0.929 bits per heavy atom. The largest absolute Gasteiger partial charge is 0.494 e. The predicted molar refractivity (Wildman–Crippen MR) is 170 cm³/mol. The first-order chi connectivity index (χ1) is 20.2. The summed E-state index contributed by atoms with van der Waals surface area (Å²) in [5.74, 6) is -0.110. The van der Waals surface area contributed by atoms with E-state index in [-0.39, 0.29) is 17.3 Å². The number of carbonyl (C=O) groups excluding carboxylic acids is 2. The molecule has 226 valence electrons. The molecule has 1 atom stereocenters. The zero-order chi connectivity index (χ0) is 30.5. The van der Waals surface area contributed by atoms with Crippen LogP contribution in [0.1, 0.15) is 45.6 Å². The molecule has 0 aliphatic carbocycles. The van der Waals surface area contributed by atoms with Crippen molar-refractivity contribution >= 4 is 43.5 Å². The quantitative estimate of drug-likeness (QED) is 0.196. The van der Waals surface area contributed by atoms with Crippen LogP contribution in [0.15, 0.2) is 88.2 Å². The van der Waals surface area contributed by atoms with Crippen LogP contribution >= 0.6 is 15.9 Å². The number of ether oxygens (including phenoxy) is 1. The molecule has 0 unspecified atom stereocenters. The van der Waals surface area contributed by atoms with Crippen LogP contribution in [0.4, 0.5) is 5.69 Å². The van der Waals surface area contributed by atoms with Gasteiger partial charge in [0.05, 0.1) is 17.2 Å². The summed E-state index contributed by atoms with van der Waals surface area (Å²) in [4.78, 5) is 28.9. The number of sulfonamides is 1. The number of hydrogen-bond donors (Lipinski definition) is 1. The maximum Gasteiger partial charge on any atom is 0.264 e. The molecule has 2 amide bonds. The predicted octanol–water partition coefficient (Wildman–Crippen LogP) is 5.81. The molecule has 8 nitrogen and oxygen atoms in total. The molecule has 0 saturated heterocycles. The summed E-state index contributed by atoms with van der Waals surface area (Å²) in [6, 6.07) is 21.8. The number of rotatable bonds is 16. The standard InChI is InChI=1S/C32H40BrN3O5S/c1-4-7-22-34-32(38)30(5-2)35(23-21-25-11-9-8-10-12-25)31(37)24-36(27-15-17-28(18-16-27)41-6-3)42(39,40)29-19-13-26(33)14-20-29/h8-20,30H,4-7,21-24H2,1-3H3,(H,34,38)/t30-/m1/s1. The van der Waals surface area contributed by atoms with Gasteiger partial charge in [-0.1, -0.05) is 66.5 Å². The second-order valence-corrected chi connectivity index (χ2v) is 12.6. The van der Waals surface area contributed by atoms with Crippen LogP contribution in [-0.2, 0) is 26.0 Å². The van der Waals surface area contributed by atoms with Gasteiger partial charge in [0.2, 0.25) is 11.8 Å². The van der Waals surface area contributed by atoms with Crippen LogP contribution in [-0.4, -0.2) is 57.4 Å². The average molecular weight is 659 g/mol. The molecule has 1 N–H and O–H groups in total. The Morgan fingerprint density at radius 3 is 2.19 bits per heavy atom. The highest BCUT2D eigenvalue weighted by atomic mass is 79.9. The number of carbonyl (C=O) groups is 2. The lowest BCUT2D eigenvalue weighted by molar-refractivity contribution is -0.139. The van der Waals surface area contributed by atoms with Crippen molar-refractivity contribution in [2.45, 2.75) is 57.4 Å². The van der Waals surface area contributed by atoms with Crippen LogP contribution in [0.5, 0.6) is 5.75 Å². The molecule has 0 heterocycles. The highest BCUT2D eigenvalue weighted by Crippen LogP contribution is 2.27. The van der Waals surface area contributed by atoms with E-state index in [9.17, 15) is 18.0 Å². The van der Waals surface area contributed by atoms with E-state index in [1.165, 1.54) is 17.0 Å². The van der Waals surface area contributed by atoms with Crippen molar-refractivity contribution in [3.05, 3.63) is 88.9 Å². The van der Waals surface area contributed by atoms with Gasteiger partial charge in [0.1, 0.15) is 18.3 Å². The average Bonchev–Trinajstić information content (AvgIpc) is 2.99. The molecule has 0 spiro atoms. The molecule has 0 aliphatic heterocycles. The van der Waals surface area contributed by atoms with Crippen molar-refractivity contribution in [1.29, 1.82) is 0 Å². The van der Waals surface area contributed by atoms with E-state index in [2.05, 4.69) is 21.2 Å². The summed E-state index contributed by atoms with van der Waals surface area (Å²) in [6.07, 6.45) is 2.67. The number of nitrogens with one attached hydrogen (secondary N) is 1. The fraction of sp³-hybridized carbons (Fsp3) is 0.375. The number of benzene rings is 3. The van der Waals surface area contributed by atoms with Crippen molar-refractivity contribution in [1.82, 2.24) is 10.2 Å². The van der Waals surface area contributed by atoms with Gasteiger partial charge in [-0.15, -0.1) is 0 Å². The molecule has 3 aromatic rings. The molecular weight excluding hydrogens is 618 g/mol. The Balaban J connectivity index is 1.99. The number of halogens is 1. The van der Waals surface area contributed by atoms with Crippen molar-refractivity contribution in [2.24, 2.45) is 0 Å². The van der Waals surface area contributed by atoms with Crippen LogP contribution in [0.2, 0.25) is 0 Å². The molecule has 3 rings (SSSR count). The molecule has 0 fully saturated rings. The first kappa shape index (κ1) is 33.1. The van der Waals surface area contributed by atoms with Gasteiger partial charge in [0.15, 0.2) is 0 Å². The molecule has 3 aromatic carbocycles. The molecule has 0 aromatic heterocycles. The van der Waals surface area contributed by atoms with E-state index in [0.717, 1.165) is 27.2 Å². The first-order valence-electron chi connectivity index (χ1n) is 14.3. The van der Waals surface area contributed by atoms with E-state index in [1.807, 2.05) is 51.1 Å². The summed E-state index contributed by atoms with van der Waals surface area (Å²) in [6.45, 7) is 6.54. The van der Waals surface area contributed by atoms with Crippen LogP contribution < -0.4 is 14.4 Å². The molecule has 0 radical (unpaired) electrons. The molecule has 0 aliphatic rings. The fourth-order valence-corrected chi connectivity index (χ4v) is 6.22. The van der Waals surface area contributed by atoms with Gasteiger partial charge in [-0.25, -0.2) is 8.42 Å². The van der Waals surface area contributed by atoms with Gasteiger partial charge in [-0.05, 0) is 80.3 Å². The van der Waals surface area contributed by atoms with Crippen LogP contribution in [0.3, 0.4) is 0 Å². The van der Waals surface area contributed by atoms with E-state index in [4.69, 9.17) is 4.74 Å². The Labute approximate surface area is 258 Å². The van der Waals surface area contributed by atoms with Gasteiger partial charge in [-0.3, -0.25) is 13.9 Å². The third-order valence-electron chi connectivity index (χ3n) is 6.82. The molecular formula is C32H40BrN3O5S. The van der Waals surface area contributed by atoms with Gasteiger partial charge < -0.3 is 15.0 Å². The third kappa shape index (κ3) is 9.06. The number of amides is 2. The topological polar surface area (TPSA) is 96.0 Å². The summed E-state index contributed by atoms with van der Waals surface area (Å²) in [5.41, 5.74) is 1.33. The zero-order valence-electron chi connectivity index (χ0n) is 24.5. The highest BCUT2D eigenvalue weighted by Gasteiger charge is 2.33. The van der Waals surface area contributed by atoms with Gasteiger partial charge in [-0.2, -0.15) is 0 Å². The molecule has 10 heteroatoms. The maximum absolute atomic E-state index is 14.1. The zero-order valence-corrected chi connectivity index (χ0v) is 26.9.